The summed E-state index contributed by atoms with van der Waals surface area (Å²) in [6.07, 6.45) is 2.64. The van der Waals surface area contributed by atoms with E-state index >= 15 is 0 Å². The number of nitrogens with two attached hydrogens (primary N) is 1. The van der Waals surface area contributed by atoms with E-state index < -0.39 is 17.5 Å². The number of carbonyl (C=O) groups is 3. The van der Waals surface area contributed by atoms with Crippen molar-refractivity contribution in [3.63, 3.8) is 0 Å². The van der Waals surface area contributed by atoms with Crippen molar-refractivity contribution >= 4 is 17.7 Å². The van der Waals surface area contributed by atoms with E-state index in [0.29, 0.717) is 36.8 Å². The van der Waals surface area contributed by atoms with E-state index in [2.05, 4.69) is 4.90 Å². The molecule has 0 atom stereocenters. The number of Topliss-reactive ketones (excluding diaryl/α,β-unsaturated/α-hetero) is 1. The minimum Gasteiger partial charge on any atom is -0.449 e. The van der Waals surface area contributed by atoms with Gasteiger partial charge in [0.2, 0.25) is 0 Å². The van der Waals surface area contributed by atoms with Crippen molar-refractivity contribution in [2.45, 2.75) is 62.5 Å². The second kappa shape index (κ2) is 10.9. The number of esters is 1. The number of nitrogens with zero attached hydrogens (tertiary/aromatic N) is 1. The number of hydrogen-bond donors (Lipinski definition) is 1. The fraction of sp³-hybridized carbons (Fsp3) is 0.444. The van der Waals surface area contributed by atoms with E-state index in [4.69, 9.17) is 10.5 Å². The summed E-state index contributed by atoms with van der Waals surface area (Å²) in [7, 11) is 3.88. The minimum atomic E-state index is -1.38. The first-order valence-corrected chi connectivity index (χ1v) is 11.7. The summed E-state index contributed by atoms with van der Waals surface area (Å²) in [5.74, 6) is -1.50. The molecule has 1 saturated carbocycles. The lowest BCUT2D eigenvalue weighted by Crippen LogP contribution is -2.57. The summed E-state index contributed by atoms with van der Waals surface area (Å²) < 4.78 is 20.0. The Morgan fingerprint density at radius 2 is 1.56 bits per heavy atom. The lowest BCUT2D eigenvalue weighted by Gasteiger charge is -2.48. The van der Waals surface area contributed by atoms with Crippen LogP contribution in [0.5, 0.6) is 0 Å². The molecule has 2 aromatic rings. The molecule has 0 unspecified atom stereocenters. The Hall–Kier alpha value is -3.06. The molecule has 7 heteroatoms. The average molecular weight is 469 g/mol. The van der Waals surface area contributed by atoms with Crippen molar-refractivity contribution < 1.29 is 23.5 Å². The zero-order valence-corrected chi connectivity index (χ0v) is 19.9. The van der Waals surface area contributed by atoms with Gasteiger partial charge in [-0.1, -0.05) is 48.5 Å². The van der Waals surface area contributed by atoms with Crippen molar-refractivity contribution in [2.75, 3.05) is 14.1 Å². The Kier molecular flexibility index (Phi) is 8.20. The second-order valence-corrected chi connectivity index (χ2v) is 9.36. The summed E-state index contributed by atoms with van der Waals surface area (Å²) in [6.45, 7) is 0. The van der Waals surface area contributed by atoms with Crippen LogP contribution in [0.2, 0.25) is 0 Å². The third-order valence-electron chi connectivity index (χ3n) is 7.05. The number of amides is 1. The first-order valence-electron chi connectivity index (χ1n) is 11.7. The Bertz CT molecular complexity index is 1010. The van der Waals surface area contributed by atoms with E-state index in [1.165, 1.54) is 6.07 Å². The third-order valence-corrected chi connectivity index (χ3v) is 7.05. The summed E-state index contributed by atoms with van der Waals surface area (Å²) in [5, 5.41) is 0. The van der Waals surface area contributed by atoms with Crippen LogP contribution in [-0.2, 0) is 20.7 Å². The summed E-state index contributed by atoms with van der Waals surface area (Å²) in [5.41, 5.74) is 5.16. The number of likely N-dealkylation sites (N-methyl/N-ethyl adjacent to an activating group) is 1. The molecule has 1 aliphatic rings. The first kappa shape index (κ1) is 25.6. The van der Waals surface area contributed by atoms with Gasteiger partial charge in [-0.2, -0.15) is 0 Å². The predicted molar refractivity (Wildman–Crippen MR) is 128 cm³/mol. The molecule has 1 aliphatic carbocycles. The van der Waals surface area contributed by atoms with Crippen molar-refractivity contribution in [1.29, 1.82) is 0 Å². The van der Waals surface area contributed by atoms with Gasteiger partial charge in [0.05, 0.1) is 0 Å². The molecule has 0 aliphatic heterocycles. The summed E-state index contributed by atoms with van der Waals surface area (Å²) >= 11 is 0. The van der Waals surface area contributed by atoms with Crippen LogP contribution in [0, 0.1) is 5.82 Å². The quantitative estimate of drug-likeness (QED) is 0.420. The van der Waals surface area contributed by atoms with Gasteiger partial charge in [-0.15, -0.1) is 0 Å². The molecule has 0 spiro atoms. The van der Waals surface area contributed by atoms with Crippen LogP contribution in [0.1, 0.15) is 60.9 Å². The number of carbonyl (C=O) groups excluding carboxylic acids is 3. The SMILES string of the molecule is CN(C)C1(Cc2ccccc2F)CCC(OC(=O)CCCC(=O)c2ccccc2)(C(N)=O)CC1. The van der Waals surface area contributed by atoms with Crippen molar-refractivity contribution in [3.05, 3.63) is 71.5 Å². The van der Waals surface area contributed by atoms with E-state index in [9.17, 15) is 18.8 Å². The Labute approximate surface area is 200 Å². The fourth-order valence-corrected chi connectivity index (χ4v) is 4.73. The molecule has 34 heavy (non-hydrogen) atoms. The molecule has 3 rings (SSSR count). The van der Waals surface area contributed by atoms with Crippen LogP contribution in [0.3, 0.4) is 0 Å². The fourth-order valence-electron chi connectivity index (χ4n) is 4.73. The number of hydrogen-bond acceptors (Lipinski definition) is 5. The van der Waals surface area contributed by atoms with E-state index in [1.807, 2.05) is 26.2 Å². The molecule has 182 valence electrons. The summed E-state index contributed by atoms with van der Waals surface area (Å²) in [4.78, 5) is 39.3. The van der Waals surface area contributed by atoms with Crippen LogP contribution in [0.4, 0.5) is 4.39 Å². The molecule has 2 N–H and O–H groups in total. The normalized spacial score (nSPS) is 22.4. The van der Waals surface area contributed by atoms with Crippen LogP contribution < -0.4 is 5.73 Å². The summed E-state index contributed by atoms with van der Waals surface area (Å²) in [6, 6.07) is 15.6. The Morgan fingerprint density at radius 3 is 2.15 bits per heavy atom. The highest BCUT2D eigenvalue weighted by Crippen LogP contribution is 2.42. The highest BCUT2D eigenvalue weighted by Gasteiger charge is 2.49. The predicted octanol–water partition coefficient (Wildman–Crippen LogP) is 4.06. The van der Waals surface area contributed by atoms with Gasteiger partial charge in [0, 0.05) is 23.9 Å². The maximum atomic E-state index is 14.3. The molecule has 1 fully saturated rings. The molecule has 1 amide bonds. The second-order valence-electron chi connectivity index (χ2n) is 9.36. The molecule has 0 aromatic heterocycles. The first-order chi connectivity index (χ1) is 16.2. The van der Waals surface area contributed by atoms with Gasteiger partial charge in [0.1, 0.15) is 5.82 Å². The van der Waals surface area contributed by atoms with E-state index in [-0.39, 0.29) is 42.8 Å². The monoisotopic (exact) mass is 468 g/mol. The smallest absolute Gasteiger partial charge is 0.306 e. The molecule has 0 saturated heterocycles. The van der Waals surface area contributed by atoms with Gasteiger partial charge < -0.3 is 15.4 Å². The molecule has 0 heterocycles. The molecule has 6 nitrogen and oxygen atoms in total. The van der Waals surface area contributed by atoms with Crippen LogP contribution in [-0.4, -0.2) is 47.8 Å². The number of benzene rings is 2. The number of rotatable bonds is 10. The standard InChI is InChI=1S/C27H33FN2O4/c1-30(2)26(19-21-11-6-7-12-22(21)28)15-17-27(18-16-26,25(29)33)34-24(32)14-8-13-23(31)20-9-4-3-5-10-20/h3-7,9-12H,8,13-19H2,1-2H3,(H2,29,33). The van der Waals surface area contributed by atoms with Crippen molar-refractivity contribution in [3.8, 4) is 0 Å². The van der Waals surface area contributed by atoms with Gasteiger partial charge in [0.25, 0.3) is 5.91 Å². The maximum Gasteiger partial charge on any atom is 0.306 e. The highest BCUT2D eigenvalue weighted by molar-refractivity contribution is 5.96. The number of ether oxygens (including phenoxy) is 1. The Balaban J connectivity index is 1.61. The third kappa shape index (κ3) is 5.89. The van der Waals surface area contributed by atoms with Crippen LogP contribution in [0.25, 0.3) is 0 Å². The van der Waals surface area contributed by atoms with Gasteiger partial charge in [0.15, 0.2) is 11.4 Å². The van der Waals surface area contributed by atoms with Gasteiger partial charge in [-0.05, 0) is 64.3 Å². The molecule has 0 radical (unpaired) electrons. The lowest BCUT2D eigenvalue weighted by molar-refractivity contribution is -0.174. The van der Waals surface area contributed by atoms with Crippen molar-refractivity contribution in [1.82, 2.24) is 4.90 Å². The van der Waals surface area contributed by atoms with Crippen LogP contribution >= 0.6 is 0 Å². The average Bonchev–Trinajstić information content (AvgIpc) is 2.82. The largest absolute Gasteiger partial charge is 0.449 e. The molecular weight excluding hydrogens is 435 g/mol. The number of ketones is 1. The zero-order valence-electron chi connectivity index (χ0n) is 19.9. The minimum absolute atomic E-state index is 0.0294. The molecule has 2 aromatic carbocycles. The molecular formula is C27H33FN2O4. The number of primary amides is 1. The van der Waals surface area contributed by atoms with Gasteiger partial charge in [-0.25, -0.2) is 4.39 Å². The zero-order chi connectivity index (χ0) is 24.8. The van der Waals surface area contributed by atoms with Gasteiger partial charge >= 0.3 is 5.97 Å². The van der Waals surface area contributed by atoms with E-state index in [1.54, 1.807) is 36.4 Å². The number of halogens is 1. The Morgan fingerprint density at radius 1 is 0.941 bits per heavy atom. The highest BCUT2D eigenvalue weighted by atomic mass is 19.1. The maximum absolute atomic E-state index is 14.3. The topological polar surface area (TPSA) is 89.7 Å². The van der Waals surface area contributed by atoms with Crippen molar-refractivity contribution in [2.24, 2.45) is 5.73 Å². The van der Waals surface area contributed by atoms with E-state index in [0.717, 1.165) is 0 Å². The molecule has 0 bridgehead atoms. The van der Waals surface area contributed by atoms with Crippen LogP contribution in [0.15, 0.2) is 54.6 Å². The van der Waals surface area contributed by atoms with Gasteiger partial charge in [-0.3, -0.25) is 14.4 Å². The lowest BCUT2D eigenvalue weighted by atomic mass is 9.70.